The Bertz CT molecular complexity index is 843. The summed E-state index contributed by atoms with van der Waals surface area (Å²) in [6.07, 6.45) is 3.03. The zero-order valence-electron chi connectivity index (χ0n) is 11.1. The average Bonchev–Trinajstić information content (AvgIpc) is 2.82. The monoisotopic (exact) mass is 268 g/mol. The summed E-state index contributed by atoms with van der Waals surface area (Å²) in [5.74, 6) is 0. The number of hydrogen-bond acceptors (Lipinski definition) is 5. The van der Waals surface area contributed by atoms with Gasteiger partial charge in [-0.15, -0.1) is 5.10 Å². The standard InChI is InChI=1S/C13H12N6O/c1-9-3-5-10(6-4-9)7-15-19-13(20)11-8-14-18(2)12(11)16-17-19/h3-8H,1-2H3. The van der Waals surface area contributed by atoms with E-state index in [-0.39, 0.29) is 5.56 Å². The Morgan fingerprint density at radius 1 is 1.25 bits per heavy atom. The van der Waals surface area contributed by atoms with Gasteiger partial charge in [-0.05, 0) is 17.7 Å². The Balaban J connectivity index is 2.00. The second kappa shape index (κ2) is 4.69. The molecule has 0 atom stereocenters. The van der Waals surface area contributed by atoms with E-state index in [0.29, 0.717) is 11.0 Å². The molecule has 1 aromatic carbocycles. The van der Waals surface area contributed by atoms with Gasteiger partial charge in [-0.1, -0.05) is 34.6 Å². The molecule has 0 bridgehead atoms. The van der Waals surface area contributed by atoms with Crippen molar-refractivity contribution in [2.24, 2.45) is 12.1 Å². The van der Waals surface area contributed by atoms with Crippen molar-refractivity contribution < 1.29 is 0 Å². The van der Waals surface area contributed by atoms with Gasteiger partial charge in [0.05, 0.1) is 12.4 Å². The van der Waals surface area contributed by atoms with Crippen LogP contribution in [0.2, 0.25) is 0 Å². The lowest BCUT2D eigenvalue weighted by atomic mass is 10.2. The molecule has 7 heteroatoms. The lowest BCUT2D eigenvalue weighted by Gasteiger charge is -1.97. The highest BCUT2D eigenvalue weighted by Gasteiger charge is 2.08. The molecule has 0 saturated carbocycles. The summed E-state index contributed by atoms with van der Waals surface area (Å²) in [7, 11) is 1.70. The van der Waals surface area contributed by atoms with Gasteiger partial charge in [0.25, 0.3) is 0 Å². The fraction of sp³-hybridized carbons (Fsp3) is 0.154. The van der Waals surface area contributed by atoms with Crippen molar-refractivity contribution in [3.63, 3.8) is 0 Å². The Morgan fingerprint density at radius 2 is 2.00 bits per heavy atom. The van der Waals surface area contributed by atoms with Gasteiger partial charge >= 0.3 is 5.56 Å². The first-order valence-corrected chi connectivity index (χ1v) is 6.04. The van der Waals surface area contributed by atoms with Gasteiger partial charge < -0.3 is 0 Å². The van der Waals surface area contributed by atoms with Gasteiger partial charge in [-0.3, -0.25) is 4.79 Å². The first-order chi connectivity index (χ1) is 9.65. The molecule has 3 aromatic rings. The van der Waals surface area contributed by atoms with E-state index in [9.17, 15) is 4.79 Å². The molecule has 2 aromatic heterocycles. The maximum atomic E-state index is 12.1. The van der Waals surface area contributed by atoms with E-state index in [4.69, 9.17) is 0 Å². The largest absolute Gasteiger partial charge is 0.302 e. The van der Waals surface area contributed by atoms with Crippen LogP contribution in [0, 0.1) is 6.92 Å². The zero-order chi connectivity index (χ0) is 14.1. The van der Waals surface area contributed by atoms with Crippen molar-refractivity contribution in [3.8, 4) is 0 Å². The molecule has 0 aliphatic heterocycles. The Hall–Kier alpha value is -2.83. The third-order valence-corrected chi connectivity index (χ3v) is 2.94. The minimum Gasteiger partial charge on any atom is -0.265 e. The Morgan fingerprint density at radius 3 is 2.75 bits per heavy atom. The SMILES string of the molecule is Cc1ccc(C=Nn2nnc3c(cnn3C)c2=O)cc1. The molecular formula is C13H12N6O. The highest BCUT2D eigenvalue weighted by atomic mass is 16.1. The van der Waals surface area contributed by atoms with Crippen molar-refractivity contribution in [1.29, 1.82) is 0 Å². The van der Waals surface area contributed by atoms with Crippen LogP contribution in [0.5, 0.6) is 0 Å². The number of aryl methyl sites for hydroxylation is 2. The number of benzene rings is 1. The molecule has 7 nitrogen and oxygen atoms in total. The van der Waals surface area contributed by atoms with Crippen LogP contribution in [-0.4, -0.2) is 31.1 Å². The summed E-state index contributed by atoms with van der Waals surface area (Å²) < 4.78 is 1.50. The minimum atomic E-state index is -0.341. The lowest BCUT2D eigenvalue weighted by molar-refractivity contribution is 0.632. The molecule has 0 aliphatic rings. The van der Waals surface area contributed by atoms with Gasteiger partial charge in [0.15, 0.2) is 5.65 Å². The minimum absolute atomic E-state index is 0.341. The summed E-state index contributed by atoms with van der Waals surface area (Å²) >= 11 is 0. The van der Waals surface area contributed by atoms with Gasteiger partial charge in [-0.25, -0.2) is 4.68 Å². The lowest BCUT2D eigenvalue weighted by Crippen LogP contribution is -2.20. The first-order valence-electron chi connectivity index (χ1n) is 6.04. The molecule has 0 aliphatic carbocycles. The molecule has 0 saturated heterocycles. The number of nitrogens with zero attached hydrogens (tertiary/aromatic N) is 6. The maximum Gasteiger partial charge on any atom is 0.302 e. The zero-order valence-corrected chi connectivity index (χ0v) is 11.1. The summed E-state index contributed by atoms with van der Waals surface area (Å²) in [5, 5.41) is 16.1. The van der Waals surface area contributed by atoms with E-state index in [1.54, 1.807) is 13.3 Å². The molecule has 0 spiro atoms. The van der Waals surface area contributed by atoms with Crippen molar-refractivity contribution in [1.82, 2.24) is 24.9 Å². The van der Waals surface area contributed by atoms with Crippen LogP contribution < -0.4 is 5.56 Å². The van der Waals surface area contributed by atoms with Gasteiger partial charge in [0.2, 0.25) is 0 Å². The molecule has 100 valence electrons. The summed E-state index contributed by atoms with van der Waals surface area (Å²) in [5.41, 5.74) is 2.15. The average molecular weight is 268 g/mol. The predicted octanol–water partition coefficient (Wildman–Crippen LogP) is 0.716. The van der Waals surface area contributed by atoms with E-state index in [2.05, 4.69) is 20.5 Å². The van der Waals surface area contributed by atoms with Crippen LogP contribution >= 0.6 is 0 Å². The third kappa shape index (κ3) is 2.09. The molecule has 0 amide bonds. The highest BCUT2D eigenvalue weighted by Crippen LogP contribution is 2.02. The van der Waals surface area contributed by atoms with E-state index in [1.807, 2.05) is 31.2 Å². The summed E-state index contributed by atoms with van der Waals surface area (Å²) in [6, 6.07) is 7.78. The first kappa shape index (κ1) is 12.2. The van der Waals surface area contributed by atoms with Gasteiger partial charge in [0.1, 0.15) is 5.39 Å². The van der Waals surface area contributed by atoms with Gasteiger partial charge in [-0.2, -0.15) is 10.2 Å². The van der Waals surface area contributed by atoms with Crippen LogP contribution in [0.15, 0.2) is 40.4 Å². The molecule has 0 N–H and O–H groups in total. The summed E-state index contributed by atoms with van der Waals surface area (Å²) in [6.45, 7) is 2.01. The van der Waals surface area contributed by atoms with Crippen molar-refractivity contribution in [2.45, 2.75) is 6.92 Å². The van der Waals surface area contributed by atoms with E-state index in [0.717, 1.165) is 15.9 Å². The second-order valence-corrected chi connectivity index (χ2v) is 4.44. The molecule has 0 unspecified atom stereocenters. The molecule has 3 rings (SSSR count). The topological polar surface area (TPSA) is 78.0 Å². The number of fused-ring (bicyclic) bond motifs is 1. The van der Waals surface area contributed by atoms with E-state index >= 15 is 0 Å². The number of rotatable bonds is 2. The predicted molar refractivity (Wildman–Crippen MR) is 74.7 cm³/mol. The van der Waals surface area contributed by atoms with Crippen LogP contribution in [-0.2, 0) is 7.05 Å². The van der Waals surface area contributed by atoms with Crippen molar-refractivity contribution in [3.05, 3.63) is 51.9 Å². The normalized spacial score (nSPS) is 11.5. The highest BCUT2D eigenvalue weighted by molar-refractivity contribution is 5.79. The van der Waals surface area contributed by atoms with Crippen LogP contribution in [0.25, 0.3) is 11.0 Å². The van der Waals surface area contributed by atoms with Crippen molar-refractivity contribution in [2.75, 3.05) is 0 Å². The van der Waals surface area contributed by atoms with E-state index < -0.39 is 0 Å². The molecule has 0 fully saturated rings. The van der Waals surface area contributed by atoms with Crippen LogP contribution in [0.3, 0.4) is 0 Å². The molecule has 20 heavy (non-hydrogen) atoms. The number of hydrogen-bond donors (Lipinski definition) is 0. The fourth-order valence-electron chi connectivity index (χ4n) is 1.78. The smallest absolute Gasteiger partial charge is 0.265 e. The van der Waals surface area contributed by atoms with Crippen molar-refractivity contribution >= 4 is 17.2 Å². The third-order valence-electron chi connectivity index (χ3n) is 2.94. The van der Waals surface area contributed by atoms with E-state index in [1.165, 1.54) is 10.9 Å². The Labute approximate surface area is 114 Å². The summed E-state index contributed by atoms with van der Waals surface area (Å²) in [4.78, 5) is 13.1. The van der Waals surface area contributed by atoms with Gasteiger partial charge in [0, 0.05) is 7.05 Å². The van der Waals surface area contributed by atoms with Crippen LogP contribution in [0.4, 0.5) is 0 Å². The number of aromatic nitrogens is 5. The quantitative estimate of drug-likeness (QED) is 0.641. The Kier molecular flexibility index (Phi) is 2.86. The molecule has 2 heterocycles. The fourth-order valence-corrected chi connectivity index (χ4v) is 1.78. The second-order valence-electron chi connectivity index (χ2n) is 4.44. The molecular weight excluding hydrogens is 256 g/mol. The maximum absolute atomic E-state index is 12.1. The van der Waals surface area contributed by atoms with Crippen LogP contribution in [0.1, 0.15) is 11.1 Å². The molecule has 0 radical (unpaired) electrons.